The topological polar surface area (TPSA) is 62.2 Å². The third-order valence-corrected chi connectivity index (χ3v) is 4.20. The average molecular weight is 282 g/mol. The Morgan fingerprint density at radius 1 is 1.29 bits per heavy atom. The second-order valence-corrected chi connectivity index (χ2v) is 5.63. The van der Waals surface area contributed by atoms with Crippen LogP contribution < -0.4 is 5.32 Å². The summed E-state index contributed by atoms with van der Waals surface area (Å²) < 4.78 is 0. The van der Waals surface area contributed by atoms with E-state index in [0.717, 1.165) is 18.5 Å². The fraction of sp³-hybridized carbons (Fsp3) is 0.294. The first kappa shape index (κ1) is 13.6. The Morgan fingerprint density at radius 3 is 2.76 bits per heavy atom. The molecule has 1 aromatic carbocycles. The van der Waals surface area contributed by atoms with Crippen molar-refractivity contribution in [2.45, 2.75) is 25.2 Å². The highest BCUT2D eigenvalue weighted by molar-refractivity contribution is 5.96. The van der Waals surface area contributed by atoms with E-state index in [9.17, 15) is 9.90 Å². The highest BCUT2D eigenvalue weighted by Gasteiger charge is 2.45. The summed E-state index contributed by atoms with van der Waals surface area (Å²) in [5, 5.41) is 12.7. The van der Waals surface area contributed by atoms with Crippen molar-refractivity contribution in [3.8, 4) is 5.75 Å². The molecule has 4 nitrogen and oxygen atoms in total. The van der Waals surface area contributed by atoms with Gasteiger partial charge in [-0.1, -0.05) is 12.1 Å². The maximum Gasteiger partial charge on any atom is 0.251 e. The number of nitrogens with one attached hydrogen (secondary N) is 1. The minimum atomic E-state index is -0.148. The Labute approximate surface area is 123 Å². The quantitative estimate of drug-likeness (QED) is 0.906. The van der Waals surface area contributed by atoms with Gasteiger partial charge in [-0.3, -0.25) is 9.78 Å². The van der Waals surface area contributed by atoms with E-state index >= 15 is 0 Å². The number of hydrogen-bond acceptors (Lipinski definition) is 3. The van der Waals surface area contributed by atoms with Crippen molar-refractivity contribution in [1.29, 1.82) is 0 Å². The number of carbonyl (C=O) groups is 1. The van der Waals surface area contributed by atoms with Gasteiger partial charge in [0.25, 0.3) is 5.91 Å². The van der Waals surface area contributed by atoms with Crippen molar-refractivity contribution in [2.24, 2.45) is 0 Å². The molecule has 1 saturated carbocycles. The van der Waals surface area contributed by atoms with Gasteiger partial charge in [0.2, 0.25) is 0 Å². The van der Waals surface area contributed by atoms with Crippen LogP contribution in [0.5, 0.6) is 5.75 Å². The summed E-state index contributed by atoms with van der Waals surface area (Å²) in [4.78, 5) is 16.7. The first-order valence-corrected chi connectivity index (χ1v) is 7.11. The lowest BCUT2D eigenvalue weighted by molar-refractivity contribution is 0.0948. The van der Waals surface area contributed by atoms with Gasteiger partial charge in [0.1, 0.15) is 5.75 Å². The number of carbonyl (C=O) groups excluding carboxylic acids is 1. The predicted octanol–water partition coefficient (Wildman–Crippen LogP) is 2.56. The van der Waals surface area contributed by atoms with Crippen LogP contribution in [0.15, 0.2) is 42.6 Å². The van der Waals surface area contributed by atoms with E-state index in [4.69, 9.17) is 0 Å². The van der Waals surface area contributed by atoms with E-state index in [0.29, 0.717) is 17.7 Å². The van der Waals surface area contributed by atoms with Crippen LogP contribution in [0.25, 0.3) is 0 Å². The van der Waals surface area contributed by atoms with E-state index in [-0.39, 0.29) is 17.1 Å². The van der Waals surface area contributed by atoms with Gasteiger partial charge in [-0.25, -0.2) is 0 Å². The molecule has 0 aliphatic heterocycles. The molecule has 4 heteroatoms. The molecule has 0 saturated heterocycles. The molecule has 1 fully saturated rings. The molecule has 21 heavy (non-hydrogen) atoms. The zero-order chi connectivity index (χ0) is 14.9. The molecule has 108 valence electrons. The monoisotopic (exact) mass is 282 g/mol. The minimum absolute atomic E-state index is 0.0123. The van der Waals surface area contributed by atoms with Gasteiger partial charge in [-0.15, -0.1) is 0 Å². The summed E-state index contributed by atoms with van der Waals surface area (Å²) in [6, 6.07) is 10.9. The van der Waals surface area contributed by atoms with Crippen molar-refractivity contribution in [3.05, 3.63) is 59.4 Å². The number of phenols is 1. The van der Waals surface area contributed by atoms with E-state index in [1.165, 1.54) is 0 Å². The third kappa shape index (κ3) is 2.61. The van der Waals surface area contributed by atoms with E-state index < -0.39 is 0 Å². The standard InChI is InChI=1S/C17H18N2O2/c1-12-13(5-4-6-14(12)20)16(21)19-11-17(8-9-17)15-7-2-3-10-18-15/h2-7,10,20H,8-9,11H2,1H3,(H,19,21). The Balaban J connectivity index is 1.71. The number of nitrogens with zero attached hydrogens (tertiary/aromatic N) is 1. The van der Waals surface area contributed by atoms with Crippen LogP contribution in [0, 0.1) is 6.92 Å². The summed E-state index contributed by atoms with van der Waals surface area (Å²) >= 11 is 0. The Morgan fingerprint density at radius 2 is 2.10 bits per heavy atom. The Bertz CT molecular complexity index is 664. The van der Waals surface area contributed by atoms with Gasteiger partial charge in [0.05, 0.1) is 0 Å². The number of aromatic hydroxyl groups is 1. The smallest absolute Gasteiger partial charge is 0.251 e. The molecule has 3 rings (SSSR count). The molecule has 1 amide bonds. The number of hydrogen-bond donors (Lipinski definition) is 2. The van der Waals surface area contributed by atoms with Crippen LogP contribution in [-0.2, 0) is 5.41 Å². The molecule has 1 aliphatic carbocycles. The molecule has 0 radical (unpaired) electrons. The number of rotatable bonds is 4. The van der Waals surface area contributed by atoms with Crippen LogP contribution in [-0.4, -0.2) is 22.5 Å². The number of amides is 1. The molecule has 2 N–H and O–H groups in total. The maximum absolute atomic E-state index is 12.3. The first-order valence-electron chi connectivity index (χ1n) is 7.11. The second-order valence-electron chi connectivity index (χ2n) is 5.63. The van der Waals surface area contributed by atoms with Crippen LogP contribution >= 0.6 is 0 Å². The molecule has 0 unspecified atom stereocenters. The molecule has 0 spiro atoms. The predicted molar refractivity (Wildman–Crippen MR) is 80.3 cm³/mol. The number of pyridine rings is 1. The molecular formula is C17H18N2O2. The van der Waals surface area contributed by atoms with Gasteiger partial charge in [-0.2, -0.15) is 0 Å². The van der Waals surface area contributed by atoms with Crippen molar-refractivity contribution in [3.63, 3.8) is 0 Å². The lowest BCUT2D eigenvalue weighted by Gasteiger charge is -2.16. The highest BCUT2D eigenvalue weighted by atomic mass is 16.3. The summed E-state index contributed by atoms with van der Waals surface area (Å²) in [5.41, 5.74) is 2.16. The Kier molecular flexibility index (Phi) is 3.37. The largest absolute Gasteiger partial charge is 0.508 e. The zero-order valence-electron chi connectivity index (χ0n) is 12.0. The molecule has 0 atom stereocenters. The average Bonchev–Trinajstić information content (AvgIpc) is 3.30. The van der Waals surface area contributed by atoms with Crippen LogP contribution in [0.3, 0.4) is 0 Å². The van der Waals surface area contributed by atoms with Gasteiger partial charge in [0, 0.05) is 35.0 Å². The number of phenolic OH excluding ortho intramolecular Hbond substituents is 1. The lowest BCUT2D eigenvalue weighted by atomic mass is 10.0. The van der Waals surface area contributed by atoms with Crippen molar-refractivity contribution in [1.82, 2.24) is 10.3 Å². The summed E-state index contributed by atoms with van der Waals surface area (Å²) in [6.07, 6.45) is 3.88. The molecule has 1 heterocycles. The molecule has 1 aromatic heterocycles. The number of benzene rings is 1. The molecule has 2 aromatic rings. The SMILES string of the molecule is Cc1c(O)cccc1C(=O)NCC1(c2ccccn2)CC1. The van der Waals surface area contributed by atoms with Crippen LogP contribution in [0.4, 0.5) is 0 Å². The van der Waals surface area contributed by atoms with Crippen LogP contribution in [0.1, 0.15) is 34.5 Å². The summed E-state index contributed by atoms with van der Waals surface area (Å²) in [7, 11) is 0. The third-order valence-electron chi connectivity index (χ3n) is 4.20. The maximum atomic E-state index is 12.3. The van der Waals surface area contributed by atoms with Gasteiger partial charge in [-0.05, 0) is 44.0 Å². The normalized spacial score (nSPS) is 15.5. The first-order chi connectivity index (χ1) is 10.1. The van der Waals surface area contributed by atoms with Crippen molar-refractivity contribution in [2.75, 3.05) is 6.54 Å². The summed E-state index contributed by atoms with van der Waals surface area (Å²) in [6.45, 7) is 2.33. The molecule has 0 bridgehead atoms. The fourth-order valence-corrected chi connectivity index (χ4v) is 2.56. The number of aromatic nitrogens is 1. The Hall–Kier alpha value is -2.36. The van der Waals surface area contributed by atoms with E-state index in [1.54, 1.807) is 31.3 Å². The fourth-order valence-electron chi connectivity index (χ4n) is 2.56. The van der Waals surface area contributed by atoms with Crippen molar-refractivity contribution < 1.29 is 9.90 Å². The second kappa shape index (κ2) is 5.20. The van der Waals surface area contributed by atoms with Gasteiger partial charge < -0.3 is 10.4 Å². The summed E-state index contributed by atoms with van der Waals surface area (Å²) in [5.74, 6) is -0.000817. The zero-order valence-corrected chi connectivity index (χ0v) is 12.0. The van der Waals surface area contributed by atoms with Gasteiger partial charge >= 0.3 is 0 Å². The molecular weight excluding hydrogens is 264 g/mol. The van der Waals surface area contributed by atoms with Crippen molar-refractivity contribution >= 4 is 5.91 Å². The highest BCUT2D eigenvalue weighted by Crippen LogP contribution is 2.46. The molecule has 1 aliphatic rings. The van der Waals surface area contributed by atoms with Gasteiger partial charge in [0.15, 0.2) is 0 Å². The van der Waals surface area contributed by atoms with Crippen LogP contribution in [0.2, 0.25) is 0 Å². The minimum Gasteiger partial charge on any atom is -0.508 e. The van der Waals surface area contributed by atoms with E-state index in [2.05, 4.69) is 10.3 Å². The lowest BCUT2D eigenvalue weighted by Crippen LogP contribution is -2.33. The van der Waals surface area contributed by atoms with E-state index in [1.807, 2.05) is 18.2 Å².